The molecule has 0 unspecified atom stereocenters. The van der Waals surface area contributed by atoms with Gasteiger partial charge in [0.25, 0.3) is 0 Å². The van der Waals surface area contributed by atoms with Gasteiger partial charge in [0.15, 0.2) is 0 Å². The molecule has 0 saturated heterocycles. The van der Waals surface area contributed by atoms with Crippen molar-refractivity contribution >= 4 is 29.7 Å². The van der Waals surface area contributed by atoms with Gasteiger partial charge in [-0.05, 0) is 32.1 Å². The lowest BCUT2D eigenvalue weighted by Crippen LogP contribution is -2.44. The van der Waals surface area contributed by atoms with Crippen molar-refractivity contribution in [3.05, 3.63) is 0 Å². The summed E-state index contributed by atoms with van der Waals surface area (Å²) >= 11 is 0. The molecule has 0 aliphatic rings. The second-order valence-electron chi connectivity index (χ2n) is 10.1. The number of primary amides is 1. The minimum absolute atomic E-state index is 0.0552. The average Bonchev–Trinajstić information content (AvgIpc) is 2.85. The number of nitrogens with two attached hydrogens (primary N) is 1. The molecule has 0 bridgehead atoms. The zero-order valence-electron chi connectivity index (χ0n) is 23.3. The molecular weight excluding hydrogens is 490 g/mol. The Balaban J connectivity index is 3.72. The Hall–Kier alpha value is -2.65. The molecule has 220 valence electrons. The maximum absolute atomic E-state index is 12.1. The summed E-state index contributed by atoms with van der Waals surface area (Å²) in [6.07, 6.45) is 16.7. The number of carboxylic acids is 2. The quantitative estimate of drug-likeness (QED) is 0.101. The van der Waals surface area contributed by atoms with Gasteiger partial charge in [0.2, 0.25) is 17.7 Å². The molecule has 10 heteroatoms. The van der Waals surface area contributed by atoms with E-state index in [1.165, 1.54) is 44.9 Å². The van der Waals surface area contributed by atoms with Gasteiger partial charge >= 0.3 is 11.9 Å². The number of carbonyl (C=O) groups excluding carboxylic acids is 3. The van der Waals surface area contributed by atoms with E-state index in [1.807, 2.05) is 0 Å². The van der Waals surface area contributed by atoms with Crippen molar-refractivity contribution in [3.63, 3.8) is 0 Å². The van der Waals surface area contributed by atoms with Crippen LogP contribution in [-0.4, -0.2) is 52.0 Å². The largest absolute Gasteiger partial charge is 0.481 e. The van der Waals surface area contributed by atoms with Gasteiger partial charge in [-0.15, -0.1) is 0 Å². The molecule has 0 saturated carbocycles. The van der Waals surface area contributed by atoms with Gasteiger partial charge in [0.05, 0.1) is 0 Å². The topological polar surface area (TPSA) is 176 Å². The van der Waals surface area contributed by atoms with E-state index < -0.39 is 29.9 Å². The Labute approximate surface area is 227 Å². The third-order valence-electron chi connectivity index (χ3n) is 6.66. The van der Waals surface area contributed by atoms with Crippen molar-refractivity contribution in [3.8, 4) is 0 Å². The van der Waals surface area contributed by atoms with Crippen molar-refractivity contribution in [1.29, 1.82) is 0 Å². The molecule has 2 atom stereocenters. The SMILES string of the molecule is CC[C@H](NC(=O)CCC[C@H](NC(=O)CCCCCCCCCCCCCCCCC(=O)O)C(=O)O)C(N)=O. The van der Waals surface area contributed by atoms with Crippen LogP contribution in [-0.2, 0) is 24.0 Å². The molecule has 0 fully saturated rings. The molecule has 3 amide bonds. The average molecular weight is 542 g/mol. The van der Waals surface area contributed by atoms with Gasteiger partial charge in [0.1, 0.15) is 12.1 Å². The lowest BCUT2D eigenvalue weighted by Gasteiger charge is -2.16. The van der Waals surface area contributed by atoms with Crippen molar-refractivity contribution in [1.82, 2.24) is 10.6 Å². The van der Waals surface area contributed by atoms with E-state index in [0.29, 0.717) is 6.42 Å². The van der Waals surface area contributed by atoms with Crippen LogP contribution in [0.1, 0.15) is 135 Å². The Morgan fingerprint density at radius 1 is 0.579 bits per heavy atom. The number of hydrogen-bond acceptors (Lipinski definition) is 5. The van der Waals surface area contributed by atoms with Crippen LogP contribution in [0.2, 0.25) is 0 Å². The summed E-state index contributed by atoms with van der Waals surface area (Å²) < 4.78 is 0. The first-order chi connectivity index (χ1) is 18.2. The highest BCUT2D eigenvalue weighted by molar-refractivity contribution is 5.86. The Morgan fingerprint density at radius 3 is 1.32 bits per heavy atom. The third-order valence-corrected chi connectivity index (χ3v) is 6.66. The number of carboxylic acid groups (broad SMARTS) is 2. The van der Waals surface area contributed by atoms with Crippen LogP contribution < -0.4 is 16.4 Å². The molecule has 0 rings (SSSR count). The van der Waals surface area contributed by atoms with E-state index in [2.05, 4.69) is 10.6 Å². The molecule has 0 aromatic carbocycles. The summed E-state index contributed by atoms with van der Waals surface area (Å²) in [5, 5.41) is 23.0. The molecule has 0 spiro atoms. The predicted octanol–water partition coefficient (Wildman–Crippen LogP) is 4.43. The second-order valence-corrected chi connectivity index (χ2v) is 10.1. The van der Waals surface area contributed by atoms with E-state index >= 15 is 0 Å². The fraction of sp³-hybridized carbons (Fsp3) is 0.821. The summed E-state index contributed by atoms with van der Waals surface area (Å²) in [6, 6.07) is -1.77. The first-order valence-corrected chi connectivity index (χ1v) is 14.5. The predicted molar refractivity (Wildman–Crippen MR) is 146 cm³/mol. The maximum Gasteiger partial charge on any atom is 0.326 e. The van der Waals surface area contributed by atoms with Crippen LogP contribution in [0.25, 0.3) is 0 Å². The Morgan fingerprint density at radius 2 is 0.947 bits per heavy atom. The first-order valence-electron chi connectivity index (χ1n) is 14.5. The summed E-state index contributed by atoms with van der Waals surface area (Å²) in [6.45, 7) is 1.73. The van der Waals surface area contributed by atoms with Crippen molar-refractivity contribution < 1.29 is 34.2 Å². The Kier molecular flexibility index (Phi) is 21.8. The summed E-state index contributed by atoms with van der Waals surface area (Å²) in [4.78, 5) is 57.2. The molecule has 0 aliphatic carbocycles. The monoisotopic (exact) mass is 541 g/mol. The molecule has 6 N–H and O–H groups in total. The van der Waals surface area contributed by atoms with E-state index in [9.17, 15) is 29.1 Å². The van der Waals surface area contributed by atoms with Crippen LogP contribution in [0.15, 0.2) is 0 Å². The highest BCUT2D eigenvalue weighted by atomic mass is 16.4. The fourth-order valence-corrected chi connectivity index (χ4v) is 4.31. The lowest BCUT2D eigenvalue weighted by atomic mass is 10.0. The Bertz CT molecular complexity index is 700. The molecule has 0 aliphatic heterocycles. The van der Waals surface area contributed by atoms with Gasteiger partial charge in [-0.2, -0.15) is 0 Å². The van der Waals surface area contributed by atoms with Crippen molar-refractivity contribution in [2.45, 2.75) is 147 Å². The van der Waals surface area contributed by atoms with Crippen LogP contribution in [0, 0.1) is 0 Å². The highest BCUT2D eigenvalue weighted by Gasteiger charge is 2.21. The second kappa shape index (κ2) is 23.5. The summed E-state index contributed by atoms with van der Waals surface area (Å²) in [7, 11) is 0. The standard InChI is InChI=1S/C28H51N3O7/c1-2-22(27(29)36)30-25(33)20-17-18-23(28(37)38)31-24(32)19-15-13-11-9-7-5-3-4-6-8-10-12-14-16-21-26(34)35/h22-23H,2-21H2,1H3,(H2,29,36)(H,30,33)(H,31,32)(H,34,35)(H,37,38)/t22-,23-/m0/s1. The fourth-order valence-electron chi connectivity index (χ4n) is 4.31. The molecule has 38 heavy (non-hydrogen) atoms. The zero-order chi connectivity index (χ0) is 28.6. The van der Waals surface area contributed by atoms with E-state index in [0.717, 1.165) is 44.9 Å². The van der Waals surface area contributed by atoms with Gasteiger partial charge in [-0.25, -0.2) is 4.79 Å². The van der Waals surface area contributed by atoms with Crippen molar-refractivity contribution in [2.75, 3.05) is 0 Å². The molecule has 0 aromatic rings. The highest BCUT2D eigenvalue weighted by Crippen LogP contribution is 2.14. The normalized spacial score (nSPS) is 12.4. The van der Waals surface area contributed by atoms with Crippen LogP contribution in [0.5, 0.6) is 0 Å². The van der Waals surface area contributed by atoms with Crippen LogP contribution in [0.3, 0.4) is 0 Å². The number of nitrogens with one attached hydrogen (secondary N) is 2. The minimum atomic E-state index is -1.13. The molecule has 10 nitrogen and oxygen atoms in total. The molecule has 0 heterocycles. The molecule has 0 aromatic heterocycles. The number of aliphatic carboxylic acids is 2. The van der Waals surface area contributed by atoms with E-state index in [4.69, 9.17) is 10.8 Å². The minimum Gasteiger partial charge on any atom is -0.481 e. The number of amides is 3. The zero-order valence-corrected chi connectivity index (χ0v) is 23.3. The number of rotatable bonds is 26. The van der Waals surface area contributed by atoms with Gasteiger partial charge in [-0.3, -0.25) is 19.2 Å². The first kappa shape index (κ1) is 35.4. The molecule has 0 radical (unpaired) electrons. The van der Waals surface area contributed by atoms with Gasteiger partial charge < -0.3 is 26.6 Å². The number of unbranched alkanes of at least 4 members (excludes halogenated alkanes) is 13. The summed E-state index contributed by atoms with van der Waals surface area (Å²) in [5.74, 6) is -3.10. The molecular formula is C28H51N3O7. The van der Waals surface area contributed by atoms with Crippen LogP contribution >= 0.6 is 0 Å². The van der Waals surface area contributed by atoms with Gasteiger partial charge in [-0.1, -0.05) is 84.0 Å². The lowest BCUT2D eigenvalue weighted by molar-refractivity contribution is -0.142. The summed E-state index contributed by atoms with van der Waals surface area (Å²) in [5.41, 5.74) is 5.20. The third kappa shape index (κ3) is 21.4. The van der Waals surface area contributed by atoms with E-state index in [-0.39, 0.29) is 43.9 Å². The van der Waals surface area contributed by atoms with Crippen LogP contribution in [0.4, 0.5) is 0 Å². The number of hydrogen-bond donors (Lipinski definition) is 5. The van der Waals surface area contributed by atoms with E-state index in [1.54, 1.807) is 6.92 Å². The number of carbonyl (C=O) groups is 5. The maximum atomic E-state index is 12.1. The van der Waals surface area contributed by atoms with Gasteiger partial charge in [0, 0.05) is 19.3 Å². The van der Waals surface area contributed by atoms with Crippen molar-refractivity contribution in [2.24, 2.45) is 5.73 Å². The smallest absolute Gasteiger partial charge is 0.326 e.